The molecule has 2 aromatic rings. The Morgan fingerprint density at radius 2 is 1.91 bits per heavy atom. The van der Waals surface area contributed by atoms with E-state index in [0.29, 0.717) is 22.6 Å². The highest BCUT2D eigenvalue weighted by Gasteiger charge is 2.05. The van der Waals surface area contributed by atoms with Crippen molar-refractivity contribution in [3.63, 3.8) is 0 Å². The van der Waals surface area contributed by atoms with Gasteiger partial charge in [-0.05, 0) is 35.9 Å². The quantitative estimate of drug-likeness (QED) is 0.345. The van der Waals surface area contributed by atoms with Crippen LogP contribution in [-0.4, -0.2) is 17.2 Å². The summed E-state index contributed by atoms with van der Waals surface area (Å²) in [5.74, 6) is 0. The number of urea groups is 1. The maximum atomic E-state index is 10.9. The van der Waals surface area contributed by atoms with Gasteiger partial charge in [-0.25, -0.2) is 4.79 Å². The molecule has 2 amide bonds. The monoisotopic (exact) mass is 299 g/mol. The minimum absolute atomic E-state index is 0.00260. The Morgan fingerprint density at radius 3 is 2.50 bits per heavy atom. The molecule has 0 fully saturated rings. The first-order chi connectivity index (χ1) is 10.5. The van der Waals surface area contributed by atoms with E-state index in [-0.39, 0.29) is 5.69 Å². The number of amides is 2. The Balaban J connectivity index is 2.26. The lowest BCUT2D eigenvalue weighted by atomic mass is 10.2. The number of nitrogen functional groups attached to an aromatic ring is 1. The fourth-order valence-corrected chi connectivity index (χ4v) is 1.72. The average Bonchev–Trinajstić information content (AvgIpc) is 2.47. The maximum Gasteiger partial charge on any atom is 0.316 e. The zero-order chi connectivity index (χ0) is 16.1. The van der Waals surface area contributed by atoms with Crippen molar-refractivity contribution in [2.45, 2.75) is 0 Å². The van der Waals surface area contributed by atoms with Crippen LogP contribution in [0.1, 0.15) is 5.56 Å². The van der Waals surface area contributed by atoms with Crippen LogP contribution in [0.15, 0.2) is 47.5 Å². The van der Waals surface area contributed by atoms with Crippen molar-refractivity contribution in [2.24, 2.45) is 10.7 Å². The van der Waals surface area contributed by atoms with E-state index in [0.717, 1.165) is 0 Å². The molecule has 0 unspecified atom stereocenters. The van der Waals surface area contributed by atoms with Crippen molar-refractivity contribution >= 4 is 35.0 Å². The van der Waals surface area contributed by atoms with Crippen LogP contribution in [0.4, 0.5) is 27.5 Å². The smallest absolute Gasteiger partial charge is 0.316 e. The average molecular weight is 299 g/mol. The van der Waals surface area contributed by atoms with E-state index in [1.54, 1.807) is 30.3 Å². The van der Waals surface area contributed by atoms with Crippen LogP contribution in [0.3, 0.4) is 0 Å². The summed E-state index contributed by atoms with van der Waals surface area (Å²) in [6.45, 7) is 0. The van der Waals surface area contributed by atoms with E-state index in [9.17, 15) is 14.9 Å². The van der Waals surface area contributed by atoms with Crippen LogP contribution in [0, 0.1) is 10.1 Å². The van der Waals surface area contributed by atoms with E-state index in [1.807, 2.05) is 0 Å². The number of nitro benzene ring substituents is 1. The molecule has 0 radical (unpaired) electrons. The molecule has 2 rings (SSSR count). The van der Waals surface area contributed by atoms with Gasteiger partial charge in [0.2, 0.25) is 0 Å². The summed E-state index contributed by atoms with van der Waals surface area (Å²) in [6, 6.07) is 9.94. The SMILES string of the molecule is NC(=O)Nc1ccc(N)cc1N=Cc1ccc([N+](=O)[O-])cc1. The Hall–Kier alpha value is -3.42. The van der Waals surface area contributed by atoms with E-state index in [2.05, 4.69) is 10.3 Å². The molecule has 2 aromatic carbocycles. The number of rotatable bonds is 4. The van der Waals surface area contributed by atoms with Crippen molar-refractivity contribution in [1.29, 1.82) is 0 Å². The number of aliphatic imine (C=N–C) groups is 1. The molecule has 0 saturated heterocycles. The molecular formula is C14H13N5O3. The summed E-state index contributed by atoms with van der Waals surface area (Å²) >= 11 is 0. The third-order valence-electron chi connectivity index (χ3n) is 2.74. The van der Waals surface area contributed by atoms with Crippen molar-refractivity contribution in [2.75, 3.05) is 11.1 Å². The largest absolute Gasteiger partial charge is 0.399 e. The molecule has 5 N–H and O–H groups in total. The number of non-ortho nitro benzene ring substituents is 1. The summed E-state index contributed by atoms with van der Waals surface area (Å²) in [5.41, 5.74) is 12.8. The standard InChI is InChI=1S/C14H13N5O3/c15-10-3-6-12(18-14(16)20)13(7-10)17-8-9-1-4-11(5-2-9)19(21)22/h1-8H,15H2,(H3,16,18,20). The lowest BCUT2D eigenvalue weighted by Crippen LogP contribution is -2.19. The number of hydrogen-bond donors (Lipinski definition) is 3. The summed E-state index contributed by atoms with van der Waals surface area (Å²) in [6.07, 6.45) is 1.50. The van der Waals surface area contributed by atoms with E-state index in [4.69, 9.17) is 11.5 Å². The third kappa shape index (κ3) is 3.79. The molecule has 22 heavy (non-hydrogen) atoms. The van der Waals surface area contributed by atoms with Crippen LogP contribution in [-0.2, 0) is 0 Å². The van der Waals surface area contributed by atoms with Crippen LogP contribution >= 0.6 is 0 Å². The van der Waals surface area contributed by atoms with Crippen molar-refractivity contribution in [3.05, 3.63) is 58.1 Å². The topological polar surface area (TPSA) is 137 Å². The lowest BCUT2D eigenvalue weighted by Gasteiger charge is -2.06. The van der Waals surface area contributed by atoms with Gasteiger partial charge in [0, 0.05) is 24.0 Å². The van der Waals surface area contributed by atoms with Gasteiger partial charge in [-0.2, -0.15) is 0 Å². The highest BCUT2D eigenvalue weighted by atomic mass is 16.6. The Bertz CT molecular complexity index is 741. The van der Waals surface area contributed by atoms with Crippen molar-refractivity contribution in [1.82, 2.24) is 0 Å². The summed E-state index contributed by atoms with van der Waals surface area (Å²) in [7, 11) is 0. The van der Waals surface area contributed by atoms with E-state index < -0.39 is 11.0 Å². The molecule has 0 aliphatic carbocycles. The second-order valence-corrected chi connectivity index (χ2v) is 4.37. The van der Waals surface area contributed by atoms with Gasteiger partial charge >= 0.3 is 6.03 Å². The number of benzene rings is 2. The predicted octanol–water partition coefficient (Wildman–Crippen LogP) is 2.42. The number of anilines is 2. The van der Waals surface area contributed by atoms with Gasteiger partial charge in [0.05, 0.1) is 16.3 Å². The Kier molecular flexibility index (Phi) is 4.33. The molecule has 112 valence electrons. The van der Waals surface area contributed by atoms with Gasteiger partial charge in [-0.15, -0.1) is 0 Å². The lowest BCUT2D eigenvalue weighted by molar-refractivity contribution is -0.384. The maximum absolute atomic E-state index is 10.9. The second-order valence-electron chi connectivity index (χ2n) is 4.37. The molecule has 0 aromatic heterocycles. The molecule has 0 heterocycles. The van der Waals surface area contributed by atoms with E-state index >= 15 is 0 Å². The van der Waals surface area contributed by atoms with Gasteiger partial charge in [-0.3, -0.25) is 15.1 Å². The van der Waals surface area contributed by atoms with Gasteiger partial charge in [0.15, 0.2) is 0 Å². The molecule has 0 saturated carbocycles. The van der Waals surface area contributed by atoms with Gasteiger partial charge < -0.3 is 16.8 Å². The van der Waals surface area contributed by atoms with E-state index in [1.165, 1.54) is 18.3 Å². The fourth-order valence-electron chi connectivity index (χ4n) is 1.72. The number of carbonyl (C=O) groups is 1. The Morgan fingerprint density at radius 1 is 1.23 bits per heavy atom. The van der Waals surface area contributed by atoms with Crippen molar-refractivity contribution in [3.8, 4) is 0 Å². The van der Waals surface area contributed by atoms with Crippen LogP contribution in [0.5, 0.6) is 0 Å². The first kappa shape index (κ1) is 15.0. The zero-order valence-corrected chi connectivity index (χ0v) is 11.4. The number of nitrogens with one attached hydrogen (secondary N) is 1. The summed E-state index contributed by atoms with van der Waals surface area (Å²) in [4.78, 5) is 25.3. The van der Waals surface area contributed by atoms with Crippen molar-refractivity contribution < 1.29 is 9.72 Å². The zero-order valence-electron chi connectivity index (χ0n) is 11.4. The number of carbonyl (C=O) groups excluding carboxylic acids is 1. The van der Waals surface area contributed by atoms with Crippen LogP contribution in [0.2, 0.25) is 0 Å². The molecule has 8 nitrogen and oxygen atoms in total. The Labute approximate surface area is 125 Å². The number of hydrogen-bond acceptors (Lipinski definition) is 5. The highest BCUT2D eigenvalue weighted by Crippen LogP contribution is 2.27. The fraction of sp³-hybridized carbons (Fsp3) is 0. The summed E-state index contributed by atoms with van der Waals surface area (Å²) in [5, 5.41) is 13.0. The van der Waals surface area contributed by atoms with Gasteiger partial charge in [0.25, 0.3) is 5.69 Å². The number of nitrogens with zero attached hydrogens (tertiary/aromatic N) is 2. The number of nitrogens with two attached hydrogens (primary N) is 2. The number of nitro groups is 1. The van der Waals surface area contributed by atoms with Gasteiger partial charge in [-0.1, -0.05) is 0 Å². The first-order valence-corrected chi connectivity index (χ1v) is 6.20. The van der Waals surface area contributed by atoms with Crippen LogP contribution < -0.4 is 16.8 Å². The minimum Gasteiger partial charge on any atom is -0.399 e. The number of primary amides is 1. The third-order valence-corrected chi connectivity index (χ3v) is 2.74. The summed E-state index contributed by atoms with van der Waals surface area (Å²) < 4.78 is 0. The van der Waals surface area contributed by atoms with Gasteiger partial charge in [0.1, 0.15) is 0 Å². The molecular weight excluding hydrogens is 286 g/mol. The molecule has 8 heteroatoms. The molecule has 0 aliphatic heterocycles. The second kappa shape index (κ2) is 6.35. The predicted molar refractivity (Wildman–Crippen MR) is 84.4 cm³/mol. The van der Waals surface area contributed by atoms with Crippen LogP contribution in [0.25, 0.3) is 0 Å². The normalized spacial score (nSPS) is 10.5. The molecule has 0 atom stereocenters. The molecule has 0 spiro atoms. The highest BCUT2D eigenvalue weighted by molar-refractivity contribution is 5.93. The first-order valence-electron chi connectivity index (χ1n) is 6.20. The minimum atomic E-state index is -0.712. The molecule has 0 bridgehead atoms. The molecule has 0 aliphatic rings.